The minimum atomic E-state index is -0.0965. The first-order chi connectivity index (χ1) is 11.5. The van der Waals surface area contributed by atoms with Crippen molar-refractivity contribution >= 4 is 45.9 Å². The normalized spacial score (nSPS) is 10.9. The van der Waals surface area contributed by atoms with Crippen LogP contribution < -0.4 is 5.32 Å². The van der Waals surface area contributed by atoms with Gasteiger partial charge in [0.05, 0.1) is 11.1 Å². The van der Waals surface area contributed by atoms with Crippen LogP contribution in [0.2, 0.25) is 0 Å². The fraction of sp³-hybridized carbons (Fsp3) is 0.263. The number of Topliss-reactive ketones (excluding diaryl/α,β-unsaturated/α-hetero) is 1. The zero-order valence-corrected chi connectivity index (χ0v) is 15.4. The first kappa shape index (κ1) is 19.0. The first-order valence-electron chi connectivity index (χ1n) is 7.95. The lowest BCUT2D eigenvalue weighted by atomic mass is 10.1. The predicted octanol–water partition coefficient (Wildman–Crippen LogP) is 3.24. The maximum Gasteiger partial charge on any atom is 0.253 e. The fourth-order valence-electron chi connectivity index (χ4n) is 2.82. The molecule has 0 atom stereocenters. The number of carbonyl (C=O) groups excluding carboxylic acids is 2. The molecule has 0 saturated heterocycles. The summed E-state index contributed by atoms with van der Waals surface area (Å²) >= 11 is 0. The number of nitrogens with one attached hydrogen (secondary N) is 2. The molecule has 0 radical (unpaired) electrons. The highest BCUT2D eigenvalue weighted by Crippen LogP contribution is 2.28. The van der Waals surface area contributed by atoms with Gasteiger partial charge in [-0.1, -0.05) is 12.1 Å². The van der Waals surface area contributed by atoms with Crippen molar-refractivity contribution in [1.82, 2.24) is 15.2 Å². The minimum absolute atomic E-state index is 0. The van der Waals surface area contributed by atoms with Gasteiger partial charge in [0.1, 0.15) is 0 Å². The summed E-state index contributed by atoms with van der Waals surface area (Å²) < 4.78 is 0. The van der Waals surface area contributed by atoms with Crippen LogP contribution in [0.5, 0.6) is 0 Å². The number of nitrogens with zero attached hydrogens (tertiary/aromatic N) is 1. The molecule has 2 N–H and O–H groups in total. The van der Waals surface area contributed by atoms with Crippen LogP contribution in [0.1, 0.15) is 27.6 Å². The maximum atomic E-state index is 12.5. The quantitative estimate of drug-likeness (QED) is 0.687. The molecule has 1 amide bonds. The lowest BCUT2D eigenvalue weighted by Gasteiger charge is -2.10. The van der Waals surface area contributed by atoms with E-state index < -0.39 is 0 Å². The van der Waals surface area contributed by atoms with Gasteiger partial charge in [0.25, 0.3) is 5.91 Å². The summed E-state index contributed by atoms with van der Waals surface area (Å²) in [5.74, 6) is -0.0652. The summed E-state index contributed by atoms with van der Waals surface area (Å²) in [6.45, 7) is 2.94. The Hall–Kier alpha value is -2.37. The molecule has 0 aliphatic heterocycles. The summed E-state index contributed by atoms with van der Waals surface area (Å²) in [6.07, 6.45) is 0. The van der Waals surface area contributed by atoms with Gasteiger partial charge in [-0.05, 0) is 45.3 Å². The van der Waals surface area contributed by atoms with Crippen LogP contribution in [-0.4, -0.2) is 48.8 Å². The van der Waals surface area contributed by atoms with Crippen molar-refractivity contribution in [1.29, 1.82) is 0 Å². The third-order valence-corrected chi connectivity index (χ3v) is 4.13. The number of aromatic amines is 1. The van der Waals surface area contributed by atoms with Crippen molar-refractivity contribution in [3.63, 3.8) is 0 Å². The van der Waals surface area contributed by atoms with Crippen LogP contribution in [0.3, 0.4) is 0 Å². The number of hydrogen-bond donors (Lipinski definition) is 2. The molecule has 3 aromatic rings. The largest absolute Gasteiger partial charge is 0.354 e. The molecule has 5 nitrogen and oxygen atoms in total. The van der Waals surface area contributed by atoms with Crippen molar-refractivity contribution in [2.45, 2.75) is 6.92 Å². The van der Waals surface area contributed by atoms with Crippen LogP contribution in [0.4, 0.5) is 0 Å². The summed E-state index contributed by atoms with van der Waals surface area (Å²) in [5.41, 5.74) is 3.01. The first-order valence-corrected chi connectivity index (χ1v) is 7.95. The Bertz CT molecular complexity index is 931. The number of aromatic nitrogens is 1. The van der Waals surface area contributed by atoms with Gasteiger partial charge >= 0.3 is 0 Å². The molecule has 0 aliphatic carbocycles. The zero-order valence-electron chi connectivity index (χ0n) is 14.6. The highest BCUT2D eigenvalue weighted by atomic mass is 35.5. The van der Waals surface area contributed by atoms with E-state index >= 15 is 0 Å². The number of halogens is 1. The Morgan fingerprint density at radius 1 is 1.12 bits per heavy atom. The SMILES string of the molecule is CC(=O)c1ccc2[nH]c3c(C(=O)NCCN(C)C)cccc3c2c1.Cl. The molecule has 25 heavy (non-hydrogen) atoms. The van der Waals surface area contributed by atoms with Crippen LogP contribution in [0.15, 0.2) is 36.4 Å². The fourth-order valence-corrected chi connectivity index (χ4v) is 2.82. The molecule has 0 aliphatic rings. The number of ketones is 1. The van der Waals surface area contributed by atoms with E-state index in [1.807, 2.05) is 49.3 Å². The number of likely N-dealkylation sites (N-methyl/N-ethyl adjacent to an activating group) is 1. The molecule has 1 heterocycles. The van der Waals surface area contributed by atoms with E-state index in [0.29, 0.717) is 17.7 Å². The van der Waals surface area contributed by atoms with Crippen LogP contribution in [0.25, 0.3) is 21.8 Å². The number of para-hydroxylation sites is 1. The highest BCUT2D eigenvalue weighted by Gasteiger charge is 2.14. The number of amides is 1. The molecule has 0 saturated carbocycles. The Morgan fingerprint density at radius 3 is 2.56 bits per heavy atom. The lowest BCUT2D eigenvalue weighted by molar-refractivity contribution is 0.0951. The van der Waals surface area contributed by atoms with Gasteiger partial charge in [0, 0.05) is 34.9 Å². The van der Waals surface area contributed by atoms with Gasteiger partial charge in [-0.2, -0.15) is 0 Å². The molecule has 0 bridgehead atoms. The molecule has 0 unspecified atom stereocenters. The van der Waals surface area contributed by atoms with Crippen molar-refractivity contribution in [2.24, 2.45) is 0 Å². The van der Waals surface area contributed by atoms with E-state index in [1.54, 1.807) is 13.0 Å². The number of carbonyl (C=O) groups is 2. The third kappa shape index (κ3) is 3.83. The monoisotopic (exact) mass is 359 g/mol. The van der Waals surface area contributed by atoms with Gasteiger partial charge in [-0.25, -0.2) is 0 Å². The average Bonchev–Trinajstić information content (AvgIpc) is 2.91. The third-order valence-electron chi connectivity index (χ3n) is 4.13. The lowest BCUT2D eigenvalue weighted by Crippen LogP contribution is -2.31. The molecular weight excluding hydrogens is 338 g/mol. The van der Waals surface area contributed by atoms with E-state index in [2.05, 4.69) is 10.3 Å². The molecule has 1 aromatic heterocycles. The van der Waals surface area contributed by atoms with Crippen molar-refractivity contribution < 1.29 is 9.59 Å². The second kappa shape index (κ2) is 7.68. The Labute approximate surface area is 152 Å². The molecule has 3 rings (SSSR count). The standard InChI is InChI=1S/C19H21N3O2.ClH/c1-12(23)13-7-8-17-16(11-13)14-5-4-6-15(18(14)21-17)19(24)20-9-10-22(2)3;/h4-8,11,21H,9-10H2,1-3H3,(H,20,24);1H. The van der Waals surface area contributed by atoms with E-state index in [9.17, 15) is 9.59 Å². The number of rotatable bonds is 5. The van der Waals surface area contributed by atoms with E-state index in [0.717, 1.165) is 28.4 Å². The Balaban J connectivity index is 0.00000225. The van der Waals surface area contributed by atoms with E-state index in [1.165, 1.54) is 0 Å². The summed E-state index contributed by atoms with van der Waals surface area (Å²) in [4.78, 5) is 29.4. The van der Waals surface area contributed by atoms with Gasteiger partial charge in [-0.3, -0.25) is 9.59 Å². The summed E-state index contributed by atoms with van der Waals surface area (Å²) in [7, 11) is 3.94. The molecule has 0 fully saturated rings. The molecule has 132 valence electrons. The van der Waals surface area contributed by atoms with Crippen molar-refractivity contribution in [3.05, 3.63) is 47.5 Å². The number of hydrogen-bond acceptors (Lipinski definition) is 3. The molecule has 6 heteroatoms. The highest BCUT2D eigenvalue weighted by molar-refractivity contribution is 6.16. The van der Waals surface area contributed by atoms with Crippen LogP contribution >= 0.6 is 12.4 Å². The number of fused-ring (bicyclic) bond motifs is 3. The second-order valence-corrected chi connectivity index (χ2v) is 6.23. The number of H-pyrrole nitrogens is 1. The molecular formula is C19H22ClN3O2. The van der Waals surface area contributed by atoms with Crippen LogP contribution in [-0.2, 0) is 0 Å². The summed E-state index contributed by atoms with van der Waals surface area (Å²) in [6, 6.07) is 11.2. The van der Waals surface area contributed by atoms with Crippen molar-refractivity contribution in [3.8, 4) is 0 Å². The number of benzene rings is 2. The second-order valence-electron chi connectivity index (χ2n) is 6.23. The smallest absolute Gasteiger partial charge is 0.253 e. The topological polar surface area (TPSA) is 65.2 Å². The zero-order chi connectivity index (χ0) is 17.3. The Morgan fingerprint density at radius 2 is 1.88 bits per heavy atom. The minimum Gasteiger partial charge on any atom is -0.354 e. The predicted molar refractivity (Wildman–Crippen MR) is 104 cm³/mol. The maximum absolute atomic E-state index is 12.5. The van der Waals surface area contributed by atoms with Gasteiger partial charge in [-0.15, -0.1) is 12.4 Å². The summed E-state index contributed by atoms with van der Waals surface area (Å²) in [5, 5.41) is 4.85. The van der Waals surface area contributed by atoms with Crippen LogP contribution in [0, 0.1) is 0 Å². The van der Waals surface area contributed by atoms with E-state index in [-0.39, 0.29) is 24.1 Å². The molecule has 2 aromatic carbocycles. The molecule has 0 spiro atoms. The van der Waals surface area contributed by atoms with Gasteiger partial charge in [0.2, 0.25) is 0 Å². The van der Waals surface area contributed by atoms with E-state index in [4.69, 9.17) is 0 Å². The average molecular weight is 360 g/mol. The Kier molecular flexibility index (Phi) is 5.82. The van der Waals surface area contributed by atoms with Gasteiger partial charge in [0.15, 0.2) is 5.78 Å². The van der Waals surface area contributed by atoms with Gasteiger partial charge < -0.3 is 15.2 Å². The van der Waals surface area contributed by atoms with Crippen molar-refractivity contribution in [2.75, 3.05) is 27.2 Å².